The van der Waals surface area contributed by atoms with Gasteiger partial charge in [-0.15, -0.1) is 0 Å². The third-order valence-electron chi connectivity index (χ3n) is 1.38. The number of aromatic hydroxyl groups is 1. The minimum Gasteiger partial charge on any atom is -0.508 e. The Kier molecular flexibility index (Phi) is 2.29. The molecule has 0 unspecified atom stereocenters. The molecule has 1 aromatic carbocycles. The Morgan fingerprint density at radius 1 is 1.40 bits per heavy atom. The lowest BCUT2D eigenvalue weighted by molar-refractivity contribution is -0.366. The zero-order chi connectivity index (χ0) is 7.40. The van der Waals surface area contributed by atoms with E-state index in [4.69, 9.17) is 5.11 Å². The minimum absolute atomic E-state index is 0.339. The molecule has 0 aromatic heterocycles. The standard InChI is InChI=1S/C8H11NO/c9-5-4-7-2-1-3-8(10)6-7/h1-3,6,10H,4-5,9H2/p+1. The molecule has 0 heterocycles. The summed E-state index contributed by atoms with van der Waals surface area (Å²) in [5, 5.41) is 9.02. The zero-order valence-corrected chi connectivity index (χ0v) is 5.88. The van der Waals surface area contributed by atoms with Crippen molar-refractivity contribution in [3.8, 4) is 5.75 Å². The first-order chi connectivity index (χ1) is 4.83. The number of quaternary nitrogens is 1. The van der Waals surface area contributed by atoms with E-state index < -0.39 is 0 Å². The van der Waals surface area contributed by atoms with Crippen LogP contribution in [0, 0.1) is 0 Å². The van der Waals surface area contributed by atoms with Crippen LogP contribution in [0.1, 0.15) is 5.56 Å². The van der Waals surface area contributed by atoms with Crippen LogP contribution in [0.3, 0.4) is 0 Å². The summed E-state index contributed by atoms with van der Waals surface area (Å²) in [7, 11) is 0. The number of benzene rings is 1. The number of hydrogen-bond acceptors (Lipinski definition) is 1. The van der Waals surface area contributed by atoms with E-state index in [9.17, 15) is 0 Å². The van der Waals surface area contributed by atoms with Crippen LogP contribution in [-0.4, -0.2) is 11.7 Å². The van der Waals surface area contributed by atoms with Gasteiger partial charge in [-0.25, -0.2) is 0 Å². The molecule has 2 heteroatoms. The van der Waals surface area contributed by atoms with Crippen LogP contribution in [0.25, 0.3) is 0 Å². The number of phenolic OH excluding ortho intramolecular Hbond substituents is 1. The molecule has 0 aliphatic carbocycles. The van der Waals surface area contributed by atoms with Crippen molar-refractivity contribution in [3.63, 3.8) is 0 Å². The van der Waals surface area contributed by atoms with Crippen molar-refractivity contribution in [1.29, 1.82) is 0 Å². The third-order valence-corrected chi connectivity index (χ3v) is 1.38. The van der Waals surface area contributed by atoms with Gasteiger partial charge in [0.05, 0.1) is 6.54 Å². The lowest BCUT2D eigenvalue weighted by atomic mass is 10.1. The van der Waals surface area contributed by atoms with Crippen LogP contribution in [0.4, 0.5) is 0 Å². The van der Waals surface area contributed by atoms with Crippen LogP contribution in [0.5, 0.6) is 5.75 Å². The normalized spacial score (nSPS) is 9.70. The fraction of sp³-hybridized carbons (Fsp3) is 0.250. The number of hydrogen-bond donors (Lipinski definition) is 2. The predicted molar refractivity (Wildman–Crippen MR) is 39.6 cm³/mol. The van der Waals surface area contributed by atoms with Crippen LogP contribution < -0.4 is 5.73 Å². The van der Waals surface area contributed by atoms with Crippen molar-refractivity contribution < 1.29 is 10.8 Å². The van der Waals surface area contributed by atoms with E-state index in [0.717, 1.165) is 18.5 Å². The summed E-state index contributed by atoms with van der Waals surface area (Å²) in [6.07, 6.45) is 0.939. The van der Waals surface area contributed by atoms with Crippen molar-refractivity contribution in [2.24, 2.45) is 0 Å². The molecule has 2 nitrogen and oxygen atoms in total. The molecule has 4 N–H and O–H groups in total. The van der Waals surface area contributed by atoms with Gasteiger partial charge in [0.2, 0.25) is 0 Å². The maximum atomic E-state index is 9.02. The monoisotopic (exact) mass is 138 g/mol. The highest BCUT2D eigenvalue weighted by molar-refractivity contribution is 5.26. The molecule has 0 radical (unpaired) electrons. The Balaban J connectivity index is 2.75. The molecule has 1 aromatic rings. The van der Waals surface area contributed by atoms with Gasteiger partial charge in [0, 0.05) is 6.42 Å². The summed E-state index contributed by atoms with van der Waals surface area (Å²) in [6, 6.07) is 7.28. The Bertz CT molecular complexity index is 210. The maximum Gasteiger partial charge on any atom is 0.115 e. The van der Waals surface area contributed by atoms with Gasteiger partial charge in [-0.05, 0) is 17.7 Å². The van der Waals surface area contributed by atoms with Gasteiger partial charge in [-0.2, -0.15) is 0 Å². The van der Waals surface area contributed by atoms with E-state index in [1.54, 1.807) is 12.1 Å². The first kappa shape index (κ1) is 7.09. The Hall–Kier alpha value is -1.02. The Morgan fingerprint density at radius 3 is 2.80 bits per heavy atom. The molecule has 0 aliphatic rings. The van der Waals surface area contributed by atoms with E-state index >= 15 is 0 Å². The molecule has 0 bridgehead atoms. The van der Waals surface area contributed by atoms with Crippen LogP contribution in [-0.2, 0) is 6.42 Å². The second kappa shape index (κ2) is 3.22. The summed E-state index contributed by atoms with van der Waals surface area (Å²) >= 11 is 0. The smallest absolute Gasteiger partial charge is 0.115 e. The van der Waals surface area contributed by atoms with Gasteiger partial charge in [-0.1, -0.05) is 12.1 Å². The summed E-state index contributed by atoms with van der Waals surface area (Å²) < 4.78 is 0. The van der Waals surface area contributed by atoms with Crippen molar-refractivity contribution in [2.75, 3.05) is 6.54 Å². The SMILES string of the molecule is [NH3+]CCc1cccc(O)c1. The number of phenols is 1. The molecule has 0 spiro atoms. The summed E-state index contributed by atoms with van der Waals surface area (Å²) in [4.78, 5) is 0. The predicted octanol–water partition coefficient (Wildman–Crippen LogP) is 0.177. The highest BCUT2D eigenvalue weighted by Gasteiger charge is 1.92. The Labute approximate surface area is 60.3 Å². The van der Waals surface area contributed by atoms with Crippen LogP contribution in [0.15, 0.2) is 24.3 Å². The van der Waals surface area contributed by atoms with Gasteiger partial charge in [0.25, 0.3) is 0 Å². The molecule has 0 saturated carbocycles. The molecule has 0 fully saturated rings. The van der Waals surface area contributed by atoms with E-state index in [2.05, 4.69) is 5.73 Å². The quantitative estimate of drug-likeness (QED) is 0.601. The average molecular weight is 138 g/mol. The van der Waals surface area contributed by atoms with E-state index in [-0.39, 0.29) is 0 Å². The minimum atomic E-state index is 0.339. The van der Waals surface area contributed by atoms with E-state index in [1.807, 2.05) is 12.1 Å². The van der Waals surface area contributed by atoms with E-state index in [0.29, 0.717) is 5.75 Å². The van der Waals surface area contributed by atoms with Gasteiger partial charge in [-0.3, -0.25) is 0 Å². The lowest BCUT2D eigenvalue weighted by Gasteiger charge is -1.96. The molecule has 0 saturated heterocycles. The molecule has 10 heavy (non-hydrogen) atoms. The molecule has 0 aliphatic heterocycles. The topological polar surface area (TPSA) is 47.9 Å². The van der Waals surface area contributed by atoms with Crippen molar-refractivity contribution in [3.05, 3.63) is 29.8 Å². The average Bonchev–Trinajstić information content (AvgIpc) is 1.88. The van der Waals surface area contributed by atoms with Crippen molar-refractivity contribution >= 4 is 0 Å². The first-order valence-electron chi connectivity index (χ1n) is 3.40. The lowest BCUT2D eigenvalue weighted by Crippen LogP contribution is -2.51. The molecule has 1 rings (SSSR count). The molecular weight excluding hydrogens is 126 g/mol. The Morgan fingerprint density at radius 2 is 2.20 bits per heavy atom. The summed E-state index contributed by atoms with van der Waals surface area (Å²) in [6.45, 7) is 0.878. The summed E-state index contributed by atoms with van der Waals surface area (Å²) in [5.41, 5.74) is 4.88. The van der Waals surface area contributed by atoms with Crippen molar-refractivity contribution in [1.82, 2.24) is 0 Å². The second-order valence-corrected chi connectivity index (χ2v) is 2.27. The van der Waals surface area contributed by atoms with Crippen molar-refractivity contribution in [2.45, 2.75) is 6.42 Å². The van der Waals surface area contributed by atoms with E-state index in [1.165, 1.54) is 0 Å². The molecular formula is C8H12NO+. The maximum absolute atomic E-state index is 9.02. The fourth-order valence-corrected chi connectivity index (χ4v) is 0.916. The fourth-order valence-electron chi connectivity index (χ4n) is 0.916. The molecule has 0 amide bonds. The van der Waals surface area contributed by atoms with Gasteiger partial charge in [0.15, 0.2) is 0 Å². The highest BCUT2D eigenvalue weighted by Crippen LogP contribution is 2.10. The van der Waals surface area contributed by atoms with Crippen LogP contribution >= 0.6 is 0 Å². The third kappa shape index (κ3) is 1.74. The van der Waals surface area contributed by atoms with Gasteiger partial charge >= 0.3 is 0 Å². The second-order valence-electron chi connectivity index (χ2n) is 2.27. The summed E-state index contributed by atoms with van der Waals surface area (Å²) in [5.74, 6) is 0.339. The molecule has 0 atom stereocenters. The van der Waals surface area contributed by atoms with Gasteiger partial charge < -0.3 is 10.8 Å². The largest absolute Gasteiger partial charge is 0.508 e. The first-order valence-corrected chi connectivity index (χ1v) is 3.40. The van der Waals surface area contributed by atoms with Crippen LogP contribution in [0.2, 0.25) is 0 Å². The zero-order valence-electron chi connectivity index (χ0n) is 5.88. The molecule has 54 valence electrons. The highest BCUT2D eigenvalue weighted by atomic mass is 16.3. The number of rotatable bonds is 2. The van der Waals surface area contributed by atoms with Gasteiger partial charge in [0.1, 0.15) is 5.75 Å².